The fourth-order valence-electron chi connectivity index (χ4n) is 4.11. The Balaban J connectivity index is 1.69. The lowest BCUT2D eigenvalue weighted by Crippen LogP contribution is -2.52. The van der Waals surface area contributed by atoms with E-state index in [1.54, 1.807) is 36.4 Å². The largest absolute Gasteiger partial charge is 0.486 e. The summed E-state index contributed by atoms with van der Waals surface area (Å²) < 4.78 is 11.5. The molecule has 1 fully saturated rings. The van der Waals surface area contributed by atoms with Crippen molar-refractivity contribution in [3.05, 3.63) is 58.0 Å². The maximum absolute atomic E-state index is 13.4. The molecular formula is C21H19N3O5S. The van der Waals surface area contributed by atoms with Crippen molar-refractivity contribution in [2.75, 3.05) is 18.9 Å². The van der Waals surface area contributed by atoms with Gasteiger partial charge in [-0.3, -0.25) is 4.79 Å². The first-order valence-electron chi connectivity index (χ1n) is 9.34. The van der Waals surface area contributed by atoms with Crippen molar-refractivity contribution in [3.8, 4) is 5.75 Å². The summed E-state index contributed by atoms with van der Waals surface area (Å²) in [5.74, 6) is -0.969. The molecule has 0 radical (unpaired) electrons. The van der Waals surface area contributed by atoms with E-state index in [1.165, 1.54) is 0 Å². The number of ether oxygens (including phenoxy) is 2. The van der Waals surface area contributed by atoms with Crippen LogP contribution in [0.15, 0.2) is 36.4 Å². The van der Waals surface area contributed by atoms with Crippen LogP contribution in [0, 0.1) is 0 Å². The van der Waals surface area contributed by atoms with Crippen LogP contribution in [0.2, 0.25) is 0 Å². The normalized spacial score (nSPS) is 23.4. The fraction of sp³-hybridized carbons (Fsp3) is 0.238. The van der Waals surface area contributed by atoms with Gasteiger partial charge in [-0.2, -0.15) is 0 Å². The number of aromatic carboxylic acids is 1. The zero-order valence-corrected chi connectivity index (χ0v) is 16.6. The molecule has 8 nitrogen and oxygen atoms in total. The molecule has 3 aromatic rings. The minimum atomic E-state index is -1.53. The molecule has 2 atom stereocenters. The number of ketones is 1. The van der Waals surface area contributed by atoms with E-state index < -0.39 is 23.3 Å². The summed E-state index contributed by atoms with van der Waals surface area (Å²) in [6.45, 7) is 1.10. The van der Waals surface area contributed by atoms with E-state index in [1.807, 2.05) is 0 Å². The Bertz CT molecular complexity index is 1200. The molecule has 1 aliphatic heterocycles. The summed E-state index contributed by atoms with van der Waals surface area (Å²) in [7, 11) is 0. The summed E-state index contributed by atoms with van der Waals surface area (Å²) in [6.07, 6.45) is 0.0203. The van der Waals surface area contributed by atoms with E-state index in [0.717, 1.165) is 11.3 Å². The number of benzene rings is 2. The van der Waals surface area contributed by atoms with Gasteiger partial charge in [0.15, 0.2) is 5.78 Å². The second kappa shape index (κ2) is 6.51. The third-order valence-corrected chi connectivity index (χ3v) is 6.97. The van der Waals surface area contributed by atoms with Crippen LogP contribution < -0.4 is 21.9 Å². The summed E-state index contributed by atoms with van der Waals surface area (Å²) in [6, 6.07) is 9.12. The molecule has 2 aliphatic rings. The number of hydrogen-bond donors (Lipinski definition) is 4. The molecule has 5 rings (SSSR count). The SMILES string of the molecule is Nc1ccc2c3c(c(C(=O)O)sc13)C(N)C(=O)C2(N)c1ccc(OC2COC2)cc1. The van der Waals surface area contributed by atoms with Gasteiger partial charge < -0.3 is 31.8 Å². The van der Waals surface area contributed by atoms with E-state index in [2.05, 4.69) is 0 Å². The smallest absolute Gasteiger partial charge is 0.346 e. The van der Waals surface area contributed by atoms with Crippen molar-refractivity contribution in [1.29, 1.82) is 0 Å². The van der Waals surface area contributed by atoms with E-state index in [4.69, 9.17) is 26.7 Å². The number of carboxylic acids is 1. The Morgan fingerprint density at radius 3 is 2.50 bits per heavy atom. The topological polar surface area (TPSA) is 151 Å². The summed E-state index contributed by atoms with van der Waals surface area (Å²) in [4.78, 5) is 25.2. The minimum absolute atomic E-state index is 0.0125. The third kappa shape index (κ3) is 2.50. The van der Waals surface area contributed by atoms with Crippen molar-refractivity contribution in [2.45, 2.75) is 17.7 Å². The molecule has 0 saturated carbocycles. The van der Waals surface area contributed by atoms with Crippen LogP contribution in [0.4, 0.5) is 5.69 Å². The van der Waals surface area contributed by atoms with Gasteiger partial charge in [0.1, 0.15) is 22.3 Å². The van der Waals surface area contributed by atoms with Crippen LogP contribution in [0.25, 0.3) is 10.1 Å². The van der Waals surface area contributed by atoms with Gasteiger partial charge in [0, 0.05) is 16.6 Å². The molecule has 2 aromatic carbocycles. The van der Waals surface area contributed by atoms with Crippen LogP contribution in [0.3, 0.4) is 0 Å². The van der Waals surface area contributed by atoms with Crippen LogP contribution in [-0.4, -0.2) is 36.2 Å². The number of carbonyl (C=O) groups is 2. The molecule has 1 saturated heterocycles. The average molecular weight is 425 g/mol. The molecule has 30 heavy (non-hydrogen) atoms. The summed E-state index contributed by atoms with van der Waals surface area (Å²) in [5.41, 5.74) is 19.3. The standard InChI is InChI=1S/C21H19N3O5S/c22-13-6-5-12-14-15(18(20(26)27)30-17(13)14)16(23)19(25)21(12,24)9-1-3-10(4-2-9)29-11-7-28-8-11/h1-6,11,16H,7-8,22-24H2,(H,26,27). The molecule has 0 bridgehead atoms. The highest BCUT2D eigenvalue weighted by Crippen LogP contribution is 2.49. The Hall–Kier alpha value is -2.98. The Labute approximate surface area is 175 Å². The molecule has 1 aromatic heterocycles. The van der Waals surface area contributed by atoms with Gasteiger partial charge in [-0.1, -0.05) is 18.2 Å². The molecule has 2 heterocycles. The highest BCUT2D eigenvalue weighted by molar-refractivity contribution is 7.21. The number of thiophene rings is 1. The number of Topliss-reactive ketones (excluding diaryl/α,β-unsaturated/α-hetero) is 1. The van der Waals surface area contributed by atoms with Crippen molar-refractivity contribution >= 4 is 38.9 Å². The van der Waals surface area contributed by atoms with Crippen molar-refractivity contribution in [1.82, 2.24) is 0 Å². The molecule has 1 aliphatic carbocycles. The Morgan fingerprint density at radius 1 is 1.20 bits per heavy atom. The van der Waals surface area contributed by atoms with Gasteiger partial charge in [0.05, 0.1) is 24.0 Å². The number of nitrogens with two attached hydrogens (primary N) is 3. The Morgan fingerprint density at radius 2 is 1.90 bits per heavy atom. The molecule has 0 spiro atoms. The van der Waals surface area contributed by atoms with Crippen molar-refractivity contribution < 1.29 is 24.2 Å². The maximum atomic E-state index is 13.4. The van der Waals surface area contributed by atoms with Gasteiger partial charge >= 0.3 is 5.97 Å². The summed E-state index contributed by atoms with van der Waals surface area (Å²) >= 11 is 1.01. The van der Waals surface area contributed by atoms with Crippen LogP contribution in [0.5, 0.6) is 5.75 Å². The molecule has 0 amide bonds. The number of carboxylic acid groups (broad SMARTS) is 1. The van der Waals surface area contributed by atoms with Crippen LogP contribution in [-0.2, 0) is 15.1 Å². The van der Waals surface area contributed by atoms with Gasteiger partial charge in [0.2, 0.25) is 0 Å². The van der Waals surface area contributed by atoms with E-state index in [0.29, 0.717) is 45.9 Å². The molecule has 7 N–H and O–H groups in total. The average Bonchev–Trinajstić information content (AvgIpc) is 3.11. The van der Waals surface area contributed by atoms with E-state index in [9.17, 15) is 14.7 Å². The number of carbonyl (C=O) groups excluding carboxylic acids is 1. The predicted octanol–water partition coefficient (Wildman–Crippen LogP) is 1.74. The first-order valence-corrected chi connectivity index (χ1v) is 10.2. The second-order valence-electron chi connectivity index (χ2n) is 7.51. The first kappa shape index (κ1) is 19.0. The molecular weight excluding hydrogens is 406 g/mol. The van der Waals surface area contributed by atoms with Crippen LogP contribution in [0.1, 0.15) is 32.4 Å². The zero-order chi connectivity index (χ0) is 21.2. The lowest BCUT2D eigenvalue weighted by molar-refractivity contribution is -0.124. The maximum Gasteiger partial charge on any atom is 0.346 e. The summed E-state index contributed by atoms with van der Waals surface area (Å²) in [5, 5.41) is 10.2. The van der Waals surface area contributed by atoms with Gasteiger partial charge in [-0.05, 0) is 29.3 Å². The monoisotopic (exact) mass is 425 g/mol. The highest BCUT2D eigenvalue weighted by atomic mass is 32.1. The van der Waals surface area contributed by atoms with Crippen molar-refractivity contribution in [3.63, 3.8) is 0 Å². The molecule has 154 valence electrons. The number of hydrogen-bond acceptors (Lipinski definition) is 8. The van der Waals surface area contributed by atoms with E-state index >= 15 is 0 Å². The zero-order valence-electron chi connectivity index (χ0n) is 15.8. The second-order valence-corrected chi connectivity index (χ2v) is 8.53. The van der Waals surface area contributed by atoms with Crippen molar-refractivity contribution in [2.24, 2.45) is 11.5 Å². The number of rotatable bonds is 4. The quantitative estimate of drug-likeness (QED) is 0.462. The van der Waals surface area contributed by atoms with E-state index in [-0.39, 0.29) is 16.5 Å². The minimum Gasteiger partial charge on any atom is -0.486 e. The van der Waals surface area contributed by atoms with Gasteiger partial charge in [0.25, 0.3) is 0 Å². The highest BCUT2D eigenvalue weighted by Gasteiger charge is 2.48. The lowest BCUT2D eigenvalue weighted by Gasteiger charge is -2.36. The van der Waals surface area contributed by atoms with Gasteiger partial charge in [-0.25, -0.2) is 4.79 Å². The molecule has 9 heteroatoms. The number of nitrogen functional groups attached to an aromatic ring is 1. The predicted molar refractivity (Wildman–Crippen MR) is 112 cm³/mol. The fourth-order valence-corrected chi connectivity index (χ4v) is 5.25. The number of anilines is 1. The Kier molecular flexibility index (Phi) is 4.13. The first-order chi connectivity index (χ1) is 14.3. The molecule has 2 unspecified atom stereocenters. The lowest BCUT2D eigenvalue weighted by atomic mass is 9.70. The van der Waals surface area contributed by atoms with Gasteiger partial charge in [-0.15, -0.1) is 11.3 Å². The third-order valence-electron chi connectivity index (χ3n) is 5.73. The van der Waals surface area contributed by atoms with Crippen LogP contribution >= 0.6 is 11.3 Å².